The molecule has 21 heavy (non-hydrogen) atoms. The number of hydrogen-bond donors (Lipinski definition) is 1. The van der Waals surface area contributed by atoms with Gasteiger partial charge in [-0.15, -0.1) is 0 Å². The molecule has 0 atom stereocenters. The van der Waals surface area contributed by atoms with Crippen LogP contribution in [0.15, 0.2) is 24.3 Å². The fraction of sp³-hybridized carbons (Fsp3) is 0.400. The van der Waals surface area contributed by atoms with Crippen LogP contribution in [0.4, 0.5) is 0 Å². The lowest BCUT2D eigenvalue weighted by molar-refractivity contribution is -0.144. The Labute approximate surface area is 128 Å². The molecule has 5 nitrogen and oxygen atoms in total. The van der Waals surface area contributed by atoms with Crippen LogP contribution in [0.3, 0.4) is 0 Å². The van der Waals surface area contributed by atoms with Gasteiger partial charge in [0.1, 0.15) is 6.54 Å². The van der Waals surface area contributed by atoms with Crippen LogP contribution in [0.2, 0.25) is 5.02 Å². The maximum Gasteiger partial charge on any atom is 0.323 e. The highest BCUT2D eigenvalue weighted by atomic mass is 35.5. The first-order chi connectivity index (χ1) is 9.93. The molecule has 0 radical (unpaired) electrons. The number of carbonyl (C=O) groups excluding carboxylic acids is 2. The maximum atomic E-state index is 11.9. The molecule has 0 aliphatic carbocycles. The first-order valence-electron chi connectivity index (χ1n) is 6.72. The van der Waals surface area contributed by atoms with E-state index in [-0.39, 0.29) is 31.1 Å². The number of nitrogens with zero attached hydrogens (tertiary/aromatic N) is 1. The molecule has 114 valence electrons. The SMILES string of the molecule is CCCN(CC(=O)O)C(=O)CCC(=O)c1ccc(Cl)cc1. The number of hydrogen-bond acceptors (Lipinski definition) is 3. The minimum Gasteiger partial charge on any atom is -0.480 e. The van der Waals surface area contributed by atoms with Gasteiger partial charge in [0, 0.05) is 30.0 Å². The second kappa shape index (κ2) is 8.42. The number of carboxylic acids is 1. The average Bonchev–Trinajstić information content (AvgIpc) is 2.44. The number of halogens is 1. The Bertz CT molecular complexity index is 513. The van der Waals surface area contributed by atoms with Crippen LogP contribution in [0.5, 0.6) is 0 Å². The van der Waals surface area contributed by atoms with Crippen molar-refractivity contribution in [2.75, 3.05) is 13.1 Å². The summed E-state index contributed by atoms with van der Waals surface area (Å²) in [5.74, 6) is -1.53. The Hall–Kier alpha value is -1.88. The van der Waals surface area contributed by atoms with Crippen molar-refractivity contribution < 1.29 is 19.5 Å². The summed E-state index contributed by atoms with van der Waals surface area (Å²) in [6.07, 6.45) is 0.735. The van der Waals surface area contributed by atoms with Crippen molar-refractivity contribution in [2.45, 2.75) is 26.2 Å². The van der Waals surface area contributed by atoms with Gasteiger partial charge in [0.15, 0.2) is 5.78 Å². The smallest absolute Gasteiger partial charge is 0.323 e. The third kappa shape index (κ3) is 5.95. The molecule has 1 rings (SSSR count). The number of ketones is 1. The minimum atomic E-state index is -1.05. The quantitative estimate of drug-likeness (QED) is 0.749. The van der Waals surface area contributed by atoms with Crippen molar-refractivity contribution in [3.63, 3.8) is 0 Å². The zero-order chi connectivity index (χ0) is 15.8. The highest BCUT2D eigenvalue weighted by Crippen LogP contribution is 2.12. The summed E-state index contributed by atoms with van der Waals surface area (Å²) in [6, 6.07) is 6.45. The molecule has 1 N–H and O–H groups in total. The number of benzene rings is 1. The Morgan fingerprint density at radius 3 is 2.29 bits per heavy atom. The summed E-state index contributed by atoms with van der Waals surface area (Å²) in [5, 5.41) is 9.31. The van der Waals surface area contributed by atoms with Gasteiger partial charge in [-0.05, 0) is 30.7 Å². The Balaban J connectivity index is 2.55. The van der Waals surface area contributed by atoms with E-state index in [4.69, 9.17) is 16.7 Å². The van der Waals surface area contributed by atoms with Crippen molar-refractivity contribution in [1.29, 1.82) is 0 Å². The molecule has 0 aliphatic heterocycles. The molecule has 1 aromatic carbocycles. The molecule has 0 aliphatic rings. The maximum absolute atomic E-state index is 11.9. The van der Waals surface area contributed by atoms with Crippen molar-refractivity contribution in [1.82, 2.24) is 4.90 Å². The molecular weight excluding hydrogens is 294 g/mol. The summed E-state index contributed by atoms with van der Waals surface area (Å²) in [7, 11) is 0. The van der Waals surface area contributed by atoms with Gasteiger partial charge in [-0.3, -0.25) is 14.4 Å². The van der Waals surface area contributed by atoms with Crippen LogP contribution in [0.1, 0.15) is 36.5 Å². The molecule has 0 unspecified atom stereocenters. The topological polar surface area (TPSA) is 74.7 Å². The number of carboxylic acid groups (broad SMARTS) is 1. The first-order valence-corrected chi connectivity index (χ1v) is 7.10. The molecule has 6 heteroatoms. The summed E-state index contributed by atoms with van der Waals surface area (Å²) >= 11 is 5.74. The second-order valence-electron chi connectivity index (χ2n) is 4.64. The first kappa shape index (κ1) is 17.2. The third-order valence-electron chi connectivity index (χ3n) is 2.90. The number of carbonyl (C=O) groups is 3. The van der Waals surface area contributed by atoms with Gasteiger partial charge in [-0.2, -0.15) is 0 Å². The summed E-state index contributed by atoms with van der Waals surface area (Å²) < 4.78 is 0. The molecule has 0 saturated carbocycles. The van der Waals surface area contributed by atoms with Gasteiger partial charge >= 0.3 is 5.97 Å². The zero-order valence-corrected chi connectivity index (χ0v) is 12.6. The van der Waals surface area contributed by atoms with E-state index in [2.05, 4.69) is 0 Å². The van der Waals surface area contributed by atoms with Crippen LogP contribution in [-0.2, 0) is 9.59 Å². The minimum absolute atomic E-state index is 0.00867. The second-order valence-corrected chi connectivity index (χ2v) is 5.08. The van der Waals surface area contributed by atoms with Crippen molar-refractivity contribution in [2.24, 2.45) is 0 Å². The summed E-state index contributed by atoms with van der Waals surface area (Å²) in [5.41, 5.74) is 0.493. The van der Waals surface area contributed by atoms with E-state index in [9.17, 15) is 14.4 Å². The number of amides is 1. The molecule has 0 fully saturated rings. The van der Waals surface area contributed by atoms with E-state index in [0.717, 1.165) is 0 Å². The lowest BCUT2D eigenvalue weighted by atomic mass is 10.1. The van der Waals surface area contributed by atoms with E-state index in [0.29, 0.717) is 23.6 Å². The Kier molecular flexibility index (Phi) is 6.88. The standard InChI is InChI=1S/C15H18ClNO4/c1-2-9-17(10-15(20)21)14(19)8-7-13(18)11-3-5-12(16)6-4-11/h3-6H,2,7-10H2,1H3,(H,20,21). The lowest BCUT2D eigenvalue weighted by Crippen LogP contribution is -2.36. The highest BCUT2D eigenvalue weighted by Gasteiger charge is 2.17. The van der Waals surface area contributed by atoms with Crippen molar-refractivity contribution >= 4 is 29.3 Å². The predicted molar refractivity (Wildman–Crippen MR) is 79.5 cm³/mol. The predicted octanol–water partition coefficient (Wildman–Crippen LogP) is 2.63. The normalized spacial score (nSPS) is 10.2. The number of rotatable bonds is 8. The van der Waals surface area contributed by atoms with Gasteiger partial charge < -0.3 is 10.0 Å². The molecule has 0 heterocycles. The Morgan fingerprint density at radius 1 is 1.14 bits per heavy atom. The van der Waals surface area contributed by atoms with Crippen LogP contribution in [-0.4, -0.2) is 40.8 Å². The van der Waals surface area contributed by atoms with E-state index in [1.807, 2.05) is 6.92 Å². The molecule has 0 bridgehead atoms. The fourth-order valence-corrected chi connectivity index (χ4v) is 2.01. The van der Waals surface area contributed by atoms with Crippen LogP contribution >= 0.6 is 11.6 Å². The lowest BCUT2D eigenvalue weighted by Gasteiger charge is -2.19. The fourth-order valence-electron chi connectivity index (χ4n) is 1.88. The average molecular weight is 312 g/mol. The third-order valence-corrected chi connectivity index (χ3v) is 3.16. The van der Waals surface area contributed by atoms with Gasteiger partial charge in [0.25, 0.3) is 0 Å². The van der Waals surface area contributed by atoms with Gasteiger partial charge in [0.05, 0.1) is 0 Å². The van der Waals surface area contributed by atoms with Crippen molar-refractivity contribution in [3.8, 4) is 0 Å². The van der Waals surface area contributed by atoms with E-state index < -0.39 is 5.97 Å². The number of aliphatic carboxylic acids is 1. The van der Waals surface area contributed by atoms with Crippen molar-refractivity contribution in [3.05, 3.63) is 34.9 Å². The molecule has 0 aromatic heterocycles. The zero-order valence-electron chi connectivity index (χ0n) is 11.8. The molecular formula is C15H18ClNO4. The van der Waals surface area contributed by atoms with Gasteiger partial charge in [-0.25, -0.2) is 0 Å². The summed E-state index contributed by atoms with van der Waals surface area (Å²) in [6.45, 7) is 1.91. The number of Topliss-reactive ketones (excluding diaryl/α,β-unsaturated/α-hetero) is 1. The van der Waals surface area contributed by atoms with Crippen LogP contribution in [0, 0.1) is 0 Å². The van der Waals surface area contributed by atoms with Gasteiger partial charge in [0.2, 0.25) is 5.91 Å². The largest absolute Gasteiger partial charge is 0.480 e. The van der Waals surface area contributed by atoms with Gasteiger partial charge in [-0.1, -0.05) is 18.5 Å². The van der Waals surface area contributed by atoms with Crippen LogP contribution < -0.4 is 0 Å². The highest BCUT2D eigenvalue weighted by molar-refractivity contribution is 6.30. The Morgan fingerprint density at radius 2 is 1.76 bits per heavy atom. The molecule has 0 saturated heterocycles. The molecule has 1 aromatic rings. The summed E-state index contributed by atoms with van der Waals surface area (Å²) in [4.78, 5) is 35.8. The van der Waals surface area contributed by atoms with E-state index in [1.165, 1.54) is 4.90 Å². The van der Waals surface area contributed by atoms with E-state index >= 15 is 0 Å². The van der Waals surface area contributed by atoms with Crippen LogP contribution in [0.25, 0.3) is 0 Å². The molecule has 1 amide bonds. The molecule has 0 spiro atoms. The monoisotopic (exact) mass is 311 g/mol. The van der Waals surface area contributed by atoms with E-state index in [1.54, 1.807) is 24.3 Å².